The predicted molar refractivity (Wildman–Crippen MR) is 87.0 cm³/mol. The van der Waals surface area contributed by atoms with Crippen LogP contribution in [0.15, 0.2) is 22.7 Å². The summed E-state index contributed by atoms with van der Waals surface area (Å²) in [5.41, 5.74) is 7.81. The molecule has 0 heterocycles. The van der Waals surface area contributed by atoms with Crippen LogP contribution in [0.3, 0.4) is 0 Å². The second kappa shape index (κ2) is 6.59. The Kier molecular flexibility index (Phi) is 5.05. The van der Waals surface area contributed by atoms with Crippen molar-refractivity contribution in [1.29, 1.82) is 0 Å². The van der Waals surface area contributed by atoms with Gasteiger partial charge >= 0.3 is 0 Å². The number of halogens is 1. The maximum atomic E-state index is 12.4. The van der Waals surface area contributed by atoms with E-state index in [1.165, 1.54) is 0 Å². The maximum absolute atomic E-state index is 12.4. The topological polar surface area (TPSA) is 58.4 Å². The summed E-state index contributed by atoms with van der Waals surface area (Å²) in [6.07, 6.45) is 3.80. The van der Waals surface area contributed by atoms with Crippen molar-refractivity contribution in [2.24, 2.45) is 11.7 Å². The van der Waals surface area contributed by atoms with Gasteiger partial charge in [-0.3, -0.25) is 4.79 Å². The van der Waals surface area contributed by atoms with Crippen LogP contribution in [-0.4, -0.2) is 26.0 Å². The Hall–Kier alpha value is -1.07. The van der Waals surface area contributed by atoms with Gasteiger partial charge in [-0.05, 0) is 37.5 Å². The molecule has 0 saturated heterocycles. The summed E-state index contributed by atoms with van der Waals surface area (Å²) in [5.74, 6) is 0.120. The van der Waals surface area contributed by atoms with Crippen LogP contribution >= 0.6 is 15.9 Å². The molecule has 0 spiro atoms. The van der Waals surface area contributed by atoms with E-state index in [2.05, 4.69) is 21.2 Å². The monoisotopic (exact) mass is 339 g/mol. The van der Waals surface area contributed by atoms with Crippen molar-refractivity contribution in [3.8, 4) is 0 Å². The Morgan fingerprint density at radius 1 is 1.40 bits per heavy atom. The van der Waals surface area contributed by atoms with Crippen molar-refractivity contribution in [2.75, 3.05) is 24.3 Å². The number of carbonyl (C=O) groups is 1. The molecule has 0 bridgehead atoms. The quantitative estimate of drug-likeness (QED) is 0.889. The van der Waals surface area contributed by atoms with Crippen LogP contribution in [0.25, 0.3) is 0 Å². The number of hydrogen-bond donors (Lipinski definition) is 2. The van der Waals surface area contributed by atoms with Crippen LogP contribution in [-0.2, 0) is 4.79 Å². The Balaban J connectivity index is 2.12. The van der Waals surface area contributed by atoms with Gasteiger partial charge in [0, 0.05) is 30.5 Å². The maximum Gasteiger partial charge on any atom is 0.227 e. The van der Waals surface area contributed by atoms with E-state index in [0.717, 1.165) is 41.5 Å². The molecular weight excluding hydrogens is 318 g/mol. The molecule has 1 fully saturated rings. The Bertz CT molecular complexity index is 490. The minimum absolute atomic E-state index is 0.0349. The van der Waals surface area contributed by atoms with Crippen molar-refractivity contribution in [3.63, 3.8) is 0 Å². The first kappa shape index (κ1) is 15.3. The van der Waals surface area contributed by atoms with Crippen LogP contribution in [0.1, 0.15) is 25.7 Å². The highest BCUT2D eigenvalue weighted by molar-refractivity contribution is 9.10. The summed E-state index contributed by atoms with van der Waals surface area (Å²) < 4.78 is 0.957. The fraction of sp³-hybridized carbons (Fsp3) is 0.533. The van der Waals surface area contributed by atoms with E-state index in [0.29, 0.717) is 0 Å². The van der Waals surface area contributed by atoms with E-state index in [4.69, 9.17) is 5.73 Å². The molecule has 1 saturated carbocycles. The van der Waals surface area contributed by atoms with Crippen molar-refractivity contribution >= 4 is 33.2 Å². The van der Waals surface area contributed by atoms with Gasteiger partial charge in [-0.25, -0.2) is 0 Å². The van der Waals surface area contributed by atoms with E-state index >= 15 is 0 Å². The molecule has 20 heavy (non-hydrogen) atoms. The van der Waals surface area contributed by atoms with Crippen LogP contribution in [0.2, 0.25) is 0 Å². The third-order valence-electron chi connectivity index (χ3n) is 3.78. The smallest absolute Gasteiger partial charge is 0.227 e. The van der Waals surface area contributed by atoms with Gasteiger partial charge in [0.25, 0.3) is 0 Å². The highest BCUT2D eigenvalue weighted by Gasteiger charge is 2.25. The zero-order chi connectivity index (χ0) is 14.7. The molecular formula is C15H22BrN3O. The van der Waals surface area contributed by atoms with E-state index in [1.54, 1.807) is 0 Å². The SMILES string of the molecule is CN(C)c1ccc(Br)cc1NC(=O)C1CCCC(N)C1. The molecule has 110 valence electrons. The number of nitrogens with zero attached hydrogens (tertiary/aromatic N) is 1. The van der Waals surface area contributed by atoms with Gasteiger partial charge in [-0.15, -0.1) is 0 Å². The molecule has 4 nitrogen and oxygen atoms in total. The van der Waals surface area contributed by atoms with E-state index in [9.17, 15) is 4.79 Å². The summed E-state index contributed by atoms with van der Waals surface area (Å²) in [7, 11) is 3.94. The molecule has 2 atom stereocenters. The summed E-state index contributed by atoms with van der Waals surface area (Å²) in [6, 6.07) is 6.07. The summed E-state index contributed by atoms with van der Waals surface area (Å²) in [5, 5.41) is 3.06. The third kappa shape index (κ3) is 3.73. The van der Waals surface area contributed by atoms with Crippen LogP contribution in [0, 0.1) is 5.92 Å². The molecule has 1 aromatic rings. The van der Waals surface area contributed by atoms with E-state index in [-0.39, 0.29) is 17.9 Å². The third-order valence-corrected chi connectivity index (χ3v) is 4.28. The summed E-state index contributed by atoms with van der Waals surface area (Å²) in [4.78, 5) is 14.4. The lowest BCUT2D eigenvalue weighted by molar-refractivity contribution is -0.120. The Labute approximate surface area is 128 Å². The fourth-order valence-electron chi connectivity index (χ4n) is 2.70. The lowest BCUT2D eigenvalue weighted by Gasteiger charge is -2.26. The highest BCUT2D eigenvalue weighted by atomic mass is 79.9. The minimum Gasteiger partial charge on any atom is -0.376 e. The Morgan fingerprint density at radius 2 is 2.15 bits per heavy atom. The highest BCUT2D eigenvalue weighted by Crippen LogP contribution is 2.30. The van der Waals surface area contributed by atoms with Crippen LogP contribution < -0.4 is 16.0 Å². The first-order valence-electron chi connectivity index (χ1n) is 7.00. The second-order valence-electron chi connectivity index (χ2n) is 5.67. The number of nitrogens with one attached hydrogen (secondary N) is 1. The van der Waals surface area contributed by atoms with E-state index in [1.807, 2.05) is 37.2 Å². The molecule has 5 heteroatoms. The van der Waals surface area contributed by atoms with Crippen LogP contribution in [0.5, 0.6) is 0 Å². The molecule has 0 radical (unpaired) electrons. The molecule has 1 amide bonds. The number of anilines is 2. The Morgan fingerprint density at radius 3 is 2.80 bits per heavy atom. The van der Waals surface area contributed by atoms with Crippen molar-refractivity contribution in [3.05, 3.63) is 22.7 Å². The summed E-state index contributed by atoms with van der Waals surface area (Å²) >= 11 is 3.45. The molecule has 3 N–H and O–H groups in total. The fourth-order valence-corrected chi connectivity index (χ4v) is 3.06. The number of nitrogens with two attached hydrogens (primary N) is 1. The number of rotatable bonds is 3. The van der Waals surface area contributed by atoms with Crippen molar-refractivity contribution in [1.82, 2.24) is 0 Å². The van der Waals surface area contributed by atoms with Gasteiger partial charge in [-0.1, -0.05) is 22.4 Å². The van der Waals surface area contributed by atoms with Gasteiger partial charge in [0.2, 0.25) is 5.91 Å². The van der Waals surface area contributed by atoms with Crippen molar-refractivity contribution < 1.29 is 4.79 Å². The summed E-state index contributed by atoms with van der Waals surface area (Å²) in [6.45, 7) is 0. The number of hydrogen-bond acceptors (Lipinski definition) is 3. The van der Waals surface area contributed by atoms with Gasteiger partial charge in [0.05, 0.1) is 11.4 Å². The lowest BCUT2D eigenvalue weighted by atomic mass is 9.85. The van der Waals surface area contributed by atoms with Gasteiger partial charge in [-0.2, -0.15) is 0 Å². The molecule has 1 aliphatic carbocycles. The normalized spacial score (nSPS) is 22.4. The zero-order valence-corrected chi connectivity index (χ0v) is 13.6. The van der Waals surface area contributed by atoms with E-state index < -0.39 is 0 Å². The standard InChI is InChI=1S/C15H22BrN3O/c1-19(2)14-7-6-11(16)9-13(14)18-15(20)10-4-3-5-12(17)8-10/h6-7,9-10,12H,3-5,8,17H2,1-2H3,(H,18,20). The first-order valence-corrected chi connectivity index (χ1v) is 7.80. The molecule has 0 aliphatic heterocycles. The average molecular weight is 340 g/mol. The number of benzene rings is 1. The number of amides is 1. The molecule has 2 rings (SSSR count). The van der Waals surface area contributed by atoms with Gasteiger partial charge in [0.15, 0.2) is 0 Å². The predicted octanol–water partition coefficient (Wildman–Crippen LogP) is 2.97. The molecule has 1 aliphatic rings. The van der Waals surface area contributed by atoms with Gasteiger partial charge in [0.1, 0.15) is 0 Å². The lowest BCUT2D eigenvalue weighted by Crippen LogP contribution is -2.34. The molecule has 2 unspecified atom stereocenters. The molecule has 1 aromatic carbocycles. The zero-order valence-electron chi connectivity index (χ0n) is 12.0. The number of carbonyl (C=O) groups excluding carboxylic acids is 1. The first-order chi connectivity index (χ1) is 9.47. The molecule has 0 aromatic heterocycles. The largest absolute Gasteiger partial charge is 0.376 e. The van der Waals surface area contributed by atoms with Crippen molar-refractivity contribution in [2.45, 2.75) is 31.7 Å². The van der Waals surface area contributed by atoms with Gasteiger partial charge < -0.3 is 16.0 Å². The van der Waals surface area contributed by atoms with Crippen LogP contribution in [0.4, 0.5) is 11.4 Å². The minimum atomic E-state index is 0.0349. The second-order valence-corrected chi connectivity index (χ2v) is 6.58. The average Bonchev–Trinajstić information content (AvgIpc) is 2.38.